The maximum atomic E-state index is 12.6. The molecule has 0 bridgehead atoms. The van der Waals surface area contributed by atoms with Crippen molar-refractivity contribution in [3.63, 3.8) is 0 Å². The van der Waals surface area contributed by atoms with E-state index < -0.39 is 5.60 Å². The monoisotopic (exact) mass is 347 g/mol. The van der Waals surface area contributed by atoms with Gasteiger partial charge in [0.15, 0.2) is 0 Å². The van der Waals surface area contributed by atoms with E-state index in [-0.39, 0.29) is 5.91 Å². The molecule has 1 fully saturated rings. The summed E-state index contributed by atoms with van der Waals surface area (Å²) in [6.45, 7) is 6.49. The van der Waals surface area contributed by atoms with Crippen LogP contribution >= 0.6 is 0 Å². The minimum absolute atomic E-state index is 0.144. The summed E-state index contributed by atoms with van der Waals surface area (Å²) in [4.78, 5) is 20.3. The average molecular weight is 347 g/mol. The van der Waals surface area contributed by atoms with E-state index in [1.807, 2.05) is 24.3 Å². The number of amides is 1. The number of benzene rings is 1. The van der Waals surface area contributed by atoms with Crippen molar-refractivity contribution in [1.29, 1.82) is 0 Å². The summed E-state index contributed by atoms with van der Waals surface area (Å²) in [5, 5.41) is 7.10. The Morgan fingerprint density at radius 3 is 2.88 bits per heavy atom. The molecule has 2 heterocycles. The number of hydrogen-bond acceptors (Lipinski definition) is 6. The van der Waals surface area contributed by atoms with Crippen LogP contribution in [0.4, 0.5) is 0 Å². The zero-order chi connectivity index (χ0) is 17.7. The van der Waals surface area contributed by atoms with Crippen molar-refractivity contribution in [2.24, 2.45) is 5.16 Å². The van der Waals surface area contributed by atoms with Crippen LogP contribution in [0.1, 0.15) is 18.9 Å². The summed E-state index contributed by atoms with van der Waals surface area (Å²) >= 11 is 0. The lowest BCUT2D eigenvalue weighted by atomic mass is 9.94. The van der Waals surface area contributed by atoms with E-state index in [0.717, 1.165) is 49.9 Å². The number of carbonyl (C=O) groups excluding carboxylic acids is 1. The van der Waals surface area contributed by atoms with Crippen molar-refractivity contribution < 1.29 is 19.1 Å². The Labute approximate surface area is 147 Å². The summed E-state index contributed by atoms with van der Waals surface area (Å²) < 4.78 is 10.7. The SMILES string of the molecule is COc1ccccc1C1=NO[C@@](C)(C(=O)NCCN2CCOCC2)C1. The molecule has 1 N–H and O–H groups in total. The van der Waals surface area contributed by atoms with Gasteiger partial charge in [0.05, 0.1) is 26.0 Å². The molecular weight excluding hydrogens is 322 g/mol. The number of para-hydroxylation sites is 1. The van der Waals surface area contributed by atoms with Crippen LogP contribution in [0.25, 0.3) is 0 Å². The van der Waals surface area contributed by atoms with Crippen LogP contribution in [0.2, 0.25) is 0 Å². The van der Waals surface area contributed by atoms with Gasteiger partial charge in [0, 0.05) is 38.2 Å². The summed E-state index contributed by atoms with van der Waals surface area (Å²) in [5.41, 5.74) is 0.597. The highest BCUT2D eigenvalue weighted by molar-refractivity contribution is 6.07. The lowest BCUT2D eigenvalue weighted by Crippen LogP contribution is -2.48. The fraction of sp³-hybridized carbons (Fsp3) is 0.556. The summed E-state index contributed by atoms with van der Waals surface area (Å²) in [5.74, 6) is 0.580. The molecule has 2 aliphatic rings. The molecule has 0 saturated carbocycles. The van der Waals surface area contributed by atoms with Gasteiger partial charge in [0.2, 0.25) is 5.60 Å². The Balaban J connectivity index is 1.53. The number of methoxy groups -OCH3 is 1. The highest BCUT2D eigenvalue weighted by Gasteiger charge is 2.42. The number of nitrogens with zero attached hydrogens (tertiary/aromatic N) is 2. The second-order valence-electron chi connectivity index (χ2n) is 6.45. The molecule has 2 aliphatic heterocycles. The molecule has 3 rings (SSSR count). The maximum absolute atomic E-state index is 12.6. The second kappa shape index (κ2) is 7.84. The van der Waals surface area contributed by atoms with E-state index in [4.69, 9.17) is 14.3 Å². The van der Waals surface area contributed by atoms with Crippen LogP contribution in [-0.4, -0.2) is 68.6 Å². The van der Waals surface area contributed by atoms with E-state index in [0.29, 0.717) is 13.0 Å². The molecule has 0 aliphatic carbocycles. The number of oxime groups is 1. The van der Waals surface area contributed by atoms with E-state index in [1.165, 1.54) is 0 Å². The van der Waals surface area contributed by atoms with Gasteiger partial charge in [-0.1, -0.05) is 17.3 Å². The third-order valence-corrected chi connectivity index (χ3v) is 4.58. The molecule has 1 aromatic carbocycles. The van der Waals surface area contributed by atoms with Gasteiger partial charge < -0.3 is 19.6 Å². The van der Waals surface area contributed by atoms with Crippen LogP contribution in [0.15, 0.2) is 29.4 Å². The van der Waals surface area contributed by atoms with Crippen molar-refractivity contribution in [3.8, 4) is 5.75 Å². The topological polar surface area (TPSA) is 72.4 Å². The molecule has 7 nitrogen and oxygen atoms in total. The highest BCUT2D eigenvalue weighted by Crippen LogP contribution is 2.30. The normalized spacial score (nSPS) is 23.7. The van der Waals surface area contributed by atoms with E-state index in [2.05, 4.69) is 15.4 Å². The van der Waals surface area contributed by atoms with Gasteiger partial charge >= 0.3 is 0 Å². The maximum Gasteiger partial charge on any atom is 0.267 e. The molecule has 0 unspecified atom stereocenters. The van der Waals surface area contributed by atoms with Gasteiger partial charge in [-0.05, 0) is 19.1 Å². The van der Waals surface area contributed by atoms with E-state index >= 15 is 0 Å². The third kappa shape index (κ3) is 4.11. The summed E-state index contributed by atoms with van der Waals surface area (Å²) in [6.07, 6.45) is 0.413. The van der Waals surface area contributed by atoms with Crippen molar-refractivity contribution in [2.45, 2.75) is 18.9 Å². The molecule has 0 aromatic heterocycles. The second-order valence-corrected chi connectivity index (χ2v) is 6.45. The van der Waals surface area contributed by atoms with Gasteiger partial charge in [-0.3, -0.25) is 9.69 Å². The first-order valence-electron chi connectivity index (χ1n) is 8.59. The van der Waals surface area contributed by atoms with Crippen molar-refractivity contribution in [3.05, 3.63) is 29.8 Å². The van der Waals surface area contributed by atoms with Gasteiger partial charge in [-0.15, -0.1) is 0 Å². The van der Waals surface area contributed by atoms with Gasteiger partial charge in [0.25, 0.3) is 5.91 Å². The number of hydrogen-bond donors (Lipinski definition) is 1. The fourth-order valence-electron chi connectivity index (χ4n) is 3.03. The smallest absolute Gasteiger partial charge is 0.267 e. The van der Waals surface area contributed by atoms with Crippen LogP contribution in [0.5, 0.6) is 5.75 Å². The Bertz CT molecular complexity index is 643. The molecule has 7 heteroatoms. The molecule has 1 saturated heterocycles. The molecule has 1 atom stereocenters. The summed E-state index contributed by atoms with van der Waals surface area (Å²) in [7, 11) is 1.62. The van der Waals surface area contributed by atoms with Gasteiger partial charge in [-0.2, -0.15) is 0 Å². The predicted molar refractivity (Wildman–Crippen MR) is 93.9 cm³/mol. The van der Waals surface area contributed by atoms with Crippen LogP contribution in [0.3, 0.4) is 0 Å². The predicted octanol–water partition coefficient (Wildman–Crippen LogP) is 1.03. The Morgan fingerprint density at radius 1 is 1.36 bits per heavy atom. The number of carbonyl (C=O) groups is 1. The van der Waals surface area contributed by atoms with Gasteiger partial charge in [0.1, 0.15) is 5.75 Å². The number of morpholine rings is 1. The third-order valence-electron chi connectivity index (χ3n) is 4.58. The lowest BCUT2D eigenvalue weighted by Gasteiger charge is -2.27. The number of rotatable bonds is 6. The molecule has 1 aromatic rings. The Hall–Kier alpha value is -2.12. The molecule has 25 heavy (non-hydrogen) atoms. The minimum Gasteiger partial charge on any atom is -0.496 e. The zero-order valence-corrected chi connectivity index (χ0v) is 14.8. The minimum atomic E-state index is -0.985. The van der Waals surface area contributed by atoms with Crippen molar-refractivity contribution >= 4 is 11.6 Å². The van der Waals surface area contributed by atoms with Crippen LogP contribution in [-0.2, 0) is 14.4 Å². The average Bonchev–Trinajstić information content (AvgIpc) is 3.06. The summed E-state index contributed by atoms with van der Waals surface area (Å²) in [6, 6.07) is 7.60. The first kappa shape index (κ1) is 17.7. The van der Waals surface area contributed by atoms with E-state index in [1.54, 1.807) is 14.0 Å². The zero-order valence-electron chi connectivity index (χ0n) is 14.8. The Kier molecular flexibility index (Phi) is 5.55. The quantitative estimate of drug-likeness (QED) is 0.832. The molecule has 136 valence electrons. The first-order chi connectivity index (χ1) is 12.1. The molecule has 1 amide bonds. The first-order valence-corrected chi connectivity index (χ1v) is 8.59. The lowest BCUT2D eigenvalue weighted by molar-refractivity contribution is -0.141. The highest BCUT2D eigenvalue weighted by atomic mass is 16.7. The standard InChI is InChI=1S/C18H25N3O4/c1-18(17(22)19-7-8-21-9-11-24-12-10-21)13-15(20-25-18)14-5-3-4-6-16(14)23-2/h3-6H,7-13H2,1-2H3,(H,19,22)/t18-/m1/s1. The van der Waals surface area contributed by atoms with Crippen LogP contribution in [0, 0.1) is 0 Å². The van der Waals surface area contributed by atoms with Crippen molar-refractivity contribution in [2.75, 3.05) is 46.5 Å². The molecular formula is C18H25N3O4. The fourth-order valence-corrected chi connectivity index (χ4v) is 3.03. The van der Waals surface area contributed by atoms with E-state index in [9.17, 15) is 4.79 Å². The van der Waals surface area contributed by atoms with Crippen LogP contribution < -0.4 is 10.1 Å². The Morgan fingerprint density at radius 2 is 2.12 bits per heavy atom. The number of nitrogens with one attached hydrogen (secondary N) is 1. The largest absolute Gasteiger partial charge is 0.496 e. The van der Waals surface area contributed by atoms with Crippen molar-refractivity contribution in [1.82, 2.24) is 10.2 Å². The molecule has 0 radical (unpaired) electrons. The van der Waals surface area contributed by atoms with Gasteiger partial charge in [-0.25, -0.2) is 0 Å². The number of ether oxygens (including phenoxy) is 2. The molecule has 0 spiro atoms.